The minimum absolute atomic E-state index is 0.0313. The van der Waals surface area contributed by atoms with E-state index in [0.717, 1.165) is 11.3 Å². The van der Waals surface area contributed by atoms with Crippen LogP contribution >= 0.6 is 0 Å². The Morgan fingerprint density at radius 1 is 0.757 bits per heavy atom. The normalized spacial score (nSPS) is 9.65. The summed E-state index contributed by atoms with van der Waals surface area (Å²) in [5.41, 5.74) is 4.30. The first kappa shape index (κ1) is 26.7. The first-order valence-electron chi connectivity index (χ1n) is 11.1. The monoisotopic (exact) mass is 496 g/mol. The molecule has 37 heavy (non-hydrogen) atoms. The molecule has 0 aliphatic rings. The maximum Gasteiger partial charge on any atom is 0.337 e. The van der Waals surface area contributed by atoms with Crippen molar-refractivity contribution in [1.29, 1.82) is 0 Å². The van der Waals surface area contributed by atoms with Crippen LogP contribution in [0.5, 0.6) is 0 Å². The van der Waals surface area contributed by atoms with Crippen molar-refractivity contribution < 1.29 is 23.8 Å². The molecule has 0 aliphatic heterocycles. The number of aliphatic hydroxyl groups excluding tert-OH is 1. The lowest BCUT2D eigenvalue weighted by Crippen LogP contribution is -2.02. The molecule has 0 amide bonds. The molecule has 0 aliphatic carbocycles. The van der Waals surface area contributed by atoms with Gasteiger partial charge in [-0.1, -0.05) is 30.0 Å². The summed E-state index contributed by atoms with van der Waals surface area (Å²) in [5.74, 6) is 9.60. The third kappa shape index (κ3) is 8.10. The Morgan fingerprint density at radius 3 is 1.70 bits per heavy atom. The van der Waals surface area contributed by atoms with Crippen molar-refractivity contribution in [2.24, 2.45) is 0 Å². The van der Waals surface area contributed by atoms with Crippen molar-refractivity contribution in [1.82, 2.24) is 9.97 Å². The Kier molecular flexibility index (Phi) is 9.21. The van der Waals surface area contributed by atoms with Crippen molar-refractivity contribution >= 4 is 5.97 Å². The maximum atomic E-state index is 13.0. The van der Waals surface area contributed by atoms with E-state index >= 15 is 0 Å². The van der Waals surface area contributed by atoms with Crippen LogP contribution in [0.3, 0.4) is 0 Å². The van der Waals surface area contributed by atoms with E-state index in [1.54, 1.807) is 43.3 Å². The van der Waals surface area contributed by atoms with Gasteiger partial charge in [0.2, 0.25) is 0 Å². The van der Waals surface area contributed by atoms with E-state index in [1.165, 1.54) is 36.4 Å². The van der Waals surface area contributed by atoms with Crippen molar-refractivity contribution in [3.63, 3.8) is 0 Å². The number of aromatic nitrogens is 2. The average molecular weight is 497 g/mol. The predicted molar refractivity (Wildman–Crippen MR) is 136 cm³/mol. The van der Waals surface area contributed by atoms with Gasteiger partial charge in [0.15, 0.2) is 0 Å². The summed E-state index contributed by atoms with van der Waals surface area (Å²) in [5, 5.41) is 17.9. The lowest BCUT2D eigenvalue weighted by Gasteiger charge is -2.00. The molecule has 0 radical (unpaired) electrons. The lowest BCUT2D eigenvalue weighted by atomic mass is 10.1. The van der Waals surface area contributed by atoms with Gasteiger partial charge in [-0.15, -0.1) is 0 Å². The van der Waals surface area contributed by atoms with Gasteiger partial charge in [0.25, 0.3) is 0 Å². The number of hydrogen-bond acceptors (Lipinski definition) is 4. The summed E-state index contributed by atoms with van der Waals surface area (Å²) < 4.78 is 25.9. The molecule has 2 aromatic carbocycles. The van der Waals surface area contributed by atoms with Crippen LogP contribution in [0.4, 0.5) is 8.78 Å². The largest absolute Gasteiger partial charge is 0.478 e. The molecule has 184 valence electrons. The van der Waals surface area contributed by atoms with Crippen LogP contribution < -0.4 is 0 Å². The summed E-state index contributed by atoms with van der Waals surface area (Å²) in [6, 6.07) is 18.6. The van der Waals surface area contributed by atoms with E-state index in [0.29, 0.717) is 28.2 Å². The number of nitrogens with zero attached hydrogens (tertiary/aromatic N) is 2. The van der Waals surface area contributed by atoms with Gasteiger partial charge in [0, 0.05) is 16.8 Å². The molecular formula is C30H22F2N2O3. The SMILES string of the molecule is Cc1nc(C#Cc2cccc(F)c2)ccc1C(=O)O.Cc1nc(C#Cc2cccc(F)c2)ccc1CO. The molecule has 0 saturated carbocycles. The van der Waals surface area contributed by atoms with E-state index in [2.05, 4.69) is 33.6 Å². The molecule has 2 heterocycles. The second-order valence-corrected chi connectivity index (χ2v) is 7.75. The first-order valence-corrected chi connectivity index (χ1v) is 11.1. The van der Waals surface area contributed by atoms with E-state index in [-0.39, 0.29) is 23.8 Å². The zero-order chi connectivity index (χ0) is 26.8. The van der Waals surface area contributed by atoms with E-state index < -0.39 is 5.97 Å². The highest BCUT2D eigenvalue weighted by molar-refractivity contribution is 5.88. The predicted octanol–water partition coefficient (Wildman–Crippen LogP) is 5.05. The fraction of sp³-hybridized carbons (Fsp3) is 0.100. The zero-order valence-electron chi connectivity index (χ0n) is 20.1. The molecule has 0 atom stereocenters. The summed E-state index contributed by atoms with van der Waals surface area (Å²) in [6.07, 6.45) is 0. The second kappa shape index (κ2) is 12.7. The lowest BCUT2D eigenvalue weighted by molar-refractivity contribution is 0.0695. The fourth-order valence-electron chi connectivity index (χ4n) is 3.09. The van der Waals surface area contributed by atoms with Crippen LogP contribution in [0.25, 0.3) is 0 Å². The molecule has 4 aromatic rings. The Bertz CT molecular complexity index is 1560. The third-order valence-corrected chi connectivity index (χ3v) is 5.00. The van der Waals surface area contributed by atoms with Gasteiger partial charge in [0.1, 0.15) is 23.0 Å². The van der Waals surface area contributed by atoms with E-state index in [4.69, 9.17) is 10.2 Å². The number of aromatic carboxylic acids is 1. The van der Waals surface area contributed by atoms with Gasteiger partial charge in [-0.3, -0.25) is 0 Å². The molecule has 0 unspecified atom stereocenters. The number of aryl methyl sites for hydroxylation is 2. The number of aliphatic hydroxyl groups is 1. The van der Waals surface area contributed by atoms with Crippen molar-refractivity contribution in [2.75, 3.05) is 0 Å². The Hall–Kier alpha value is -4.85. The highest BCUT2D eigenvalue weighted by Crippen LogP contribution is 2.08. The van der Waals surface area contributed by atoms with Crippen LogP contribution in [0.15, 0.2) is 72.8 Å². The summed E-state index contributed by atoms with van der Waals surface area (Å²) in [7, 11) is 0. The minimum atomic E-state index is -1.02. The minimum Gasteiger partial charge on any atom is -0.478 e. The third-order valence-electron chi connectivity index (χ3n) is 5.00. The van der Waals surface area contributed by atoms with Gasteiger partial charge in [0.05, 0.1) is 17.9 Å². The number of carbonyl (C=O) groups is 1. The highest BCUT2D eigenvalue weighted by atomic mass is 19.1. The van der Waals surface area contributed by atoms with Crippen molar-refractivity contribution in [3.05, 3.63) is 129 Å². The van der Waals surface area contributed by atoms with Crippen molar-refractivity contribution in [2.45, 2.75) is 20.5 Å². The van der Waals surface area contributed by atoms with Gasteiger partial charge in [-0.2, -0.15) is 0 Å². The van der Waals surface area contributed by atoms with E-state index in [1.807, 2.05) is 6.92 Å². The zero-order valence-corrected chi connectivity index (χ0v) is 20.1. The maximum absolute atomic E-state index is 13.0. The quantitative estimate of drug-likeness (QED) is 0.380. The molecule has 2 aromatic heterocycles. The van der Waals surface area contributed by atoms with E-state index in [9.17, 15) is 13.6 Å². The highest BCUT2D eigenvalue weighted by Gasteiger charge is 2.07. The molecule has 2 N–H and O–H groups in total. The number of benzene rings is 2. The topological polar surface area (TPSA) is 83.3 Å². The summed E-state index contributed by atoms with van der Waals surface area (Å²) in [4.78, 5) is 19.2. The Labute approximate surface area is 213 Å². The second-order valence-electron chi connectivity index (χ2n) is 7.75. The Morgan fingerprint density at radius 2 is 1.27 bits per heavy atom. The standard InChI is InChI=1S/C15H10FNO2.C15H12FNO/c1-10-14(15(18)19)8-7-13(17-10)6-5-11-3-2-4-12(16)9-11;1-11-13(10-18)6-8-15(17-11)7-5-12-3-2-4-14(16)9-12/h2-4,7-9H,1H3,(H,18,19);2-4,6,8-9,18H,10H2,1H3. The van der Waals surface area contributed by atoms with Crippen LogP contribution in [-0.2, 0) is 6.61 Å². The molecule has 0 spiro atoms. The van der Waals surface area contributed by atoms with Crippen LogP contribution in [-0.4, -0.2) is 26.2 Å². The van der Waals surface area contributed by atoms with Gasteiger partial charge in [-0.25, -0.2) is 23.5 Å². The first-order chi connectivity index (χ1) is 17.7. The average Bonchev–Trinajstić information content (AvgIpc) is 2.87. The molecule has 4 rings (SSSR count). The molecule has 7 heteroatoms. The van der Waals surface area contributed by atoms with Crippen LogP contribution in [0, 0.1) is 49.2 Å². The summed E-state index contributed by atoms with van der Waals surface area (Å²) in [6.45, 7) is 3.40. The molecule has 0 fully saturated rings. The number of rotatable bonds is 2. The van der Waals surface area contributed by atoms with Gasteiger partial charge < -0.3 is 10.2 Å². The number of pyridine rings is 2. The number of carboxylic acid groups (broad SMARTS) is 1. The summed E-state index contributed by atoms with van der Waals surface area (Å²) >= 11 is 0. The number of hydrogen-bond donors (Lipinski definition) is 2. The smallest absolute Gasteiger partial charge is 0.337 e. The number of halogens is 2. The van der Waals surface area contributed by atoms with Crippen molar-refractivity contribution in [3.8, 4) is 23.7 Å². The Balaban J connectivity index is 0.000000206. The molecule has 0 saturated heterocycles. The number of carboxylic acids is 1. The van der Waals surface area contributed by atoms with Gasteiger partial charge in [-0.05, 0) is 85.8 Å². The fourth-order valence-corrected chi connectivity index (χ4v) is 3.09. The van der Waals surface area contributed by atoms with Gasteiger partial charge >= 0.3 is 5.97 Å². The van der Waals surface area contributed by atoms with Crippen LogP contribution in [0.2, 0.25) is 0 Å². The molecular weight excluding hydrogens is 474 g/mol. The molecule has 5 nitrogen and oxygen atoms in total. The van der Waals surface area contributed by atoms with Crippen LogP contribution in [0.1, 0.15) is 49.8 Å². The molecule has 0 bridgehead atoms.